The van der Waals surface area contributed by atoms with Crippen LogP contribution >= 0.6 is 19.0 Å². The lowest BCUT2D eigenvalue weighted by Gasteiger charge is -2.18. The number of hydrogen-bond acceptors (Lipinski definition) is 2. The van der Waals surface area contributed by atoms with Gasteiger partial charge in [-0.2, -0.15) is 0 Å². The molecule has 0 fully saturated rings. The number of nitrogens with one attached hydrogen (secondary N) is 1. The van der Waals surface area contributed by atoms with Crippen LogP contribution in [0.4, 0.5) is 4.39 Å². The van der Waals surface area contributed by atoms with Gasteiger partial charge in [-0.15, -0.1) is 0 Å². The lowest BCUT2D eigenvalue weighted by molar-refractivity contribution is -0.120. The Bertz CT molecular complexity index is 1120. The zero-order valence-corrected chi connectivity index (χ0v) is 16.9. The fourth-order valence-corrected chi connectivity index (χ4v) is 4.54. The zero-order chi connectivity index (χ0) is 20.5. The minimum absolute atomic E-state index is 0.396. The van der Waals surface area contributed by atoms with Crippen molar-refractivity contribution < 1.29 is 18.6 Å². The van der Waals surface area contributed by atoms with Crippen LogP contribution in [0.15, 0.2) is 54.9 Å². The van der Waals surface area contributed by atoms with Gasteiger partial charge in [0.05, 0.1) is 0 Å². The van der Waals surface area contributed by atoms with Crippen molar-refractivity contribution in [2.24, 2.45) is 7.05 Å². The summed E-state index contributed by atoms with van der Waals surface area (Å²) in [5.41, 5.74) is 0.496. The minimum atomic E-state index is -3.84. The Balaban J connectivity index is 1.94. The molecule has 0 aliphatic rings. The van der Waals surface area contributed by atoms with Gasteiger partial charge in [-0.05, 0) is 47.5 Å². The van der Waals surface area contributed by atoms with E-state index in [1.165, 1.54) is 24.4 Å². The Labute approximate surface area is 166 Å². The van der Waals surface area contributed by atoms with Gasteiger partial charge in [0.2, 0.25) is 13.3 Å². The van der Waals surface area contributed by atoms with E-state index >= 15 is 0 Å². The van der Waals surface area contributed by atoms with Crippen LogP contribution in [0.1, 0.15) is 16.8 Å². The first-order valence-corrected chi connectivity index (χ1v) is 11.0. The summed E-state index contributed by atoms with van der Waals surface area (Å²) in [6.45, 7) is 1.15. The SMILES string of the molecule is Cn1cc(C(C(=O)NC=Cc2cccc(F)c2)P(C)(=O)O)c2cc(Cl)ccc21. The molecule has 3 rings (SSSR count). The second-order valence-corrected chi connectivity index (χ2v) is 9.44. The molecule has 0 aliphatic heterocycles. The highest BCUT2D eigenvalue weighted by atomic mass is 35.5. The Morgan fingerprint density at radius 3 is 2.75 bits per heavy atom. The largest absolute Gasteiger partial charge is 0.350 e. The van der Waals surface area contributed by atoms with Crippen molar-refractivity contribution >= 4 is 41.9 Å². The molecule has 1 aromatic heterocycles. The van der Waals surface area contributed by atoms with Crippen molar-refractivity contribution in [2.75, 3.05) is 6.66 Å². The Morgan fingerprint density at radius 2 is 2.07 bits per heavy atom. The highest BCUT2D eigenvalue weighted by Gasteiger charge is 2.36. The molecule has 0 saturated heterocycles. The second-order valence-electron chi connectivity index (χ2n) is 6.60. The number of amides is 1. The van der Waals surface area contributed by atoms with Crippen LogP contribution in [0.25, 0.3) is 17.0 Å². The molecule has 0 bridgehead atoms. The molecule has 2 unspecified atom stereocenters. The molecule has 5 nitrogen and oxygen atoms in total. The number of carbonyl (C=O) groups excluding carboxylic acids is 1. The lowest BCUT2D eigenvalue weighted by atomic mass is 10.1. The summed E-state index contributed by atoms with van der Waals surface area (Å²) in [6, 6.07) is 11.0. The van der Waals surface area contributed by atoms with E-state index < -0.39 is 24.8 Å². The monoisotopic (exact) mass is 420 g/mol. The number of carbonyl (C=O) groups is 1. The molecule has 1 amide bonds. The van der Waals surface area contributed by atoms with Crippen molar-refractivity contribution in [3.8, 4) is 0 Å². The molecule has 1 heterocycles. The van der Waals surface area contributed by atoms with E-state index in [9.17, 15) is 18.6 Å². The molecule has 0 aliphatic carbocycles. The number of hydrogen-bond donors (Lipinski definition) is 2. The van der Waals surface area contributed by atoms with E-state index in [0.29, 0.717) is 21.5 Å². The molecule has 0 spiro atoms. The topological polar surface area (TPSA) is 71.3 Å². The van der Waals surface area contributed by atoms with Gasteiger partial charge >= 0.3 is 0 Å². The summed E-state index contributed by atoms with van der Waals surface area (Å²) in [5, 5.41) is 3.63. The Hall–Kier alpha value is -2.40. The zero-order valence-electron chi connectivity index (χ0n) is 15.3. The van der Waals surface area contributed by atoms with E-state index in [1.807, 2.05) is 0 Å². The van der Waals surface area contributed by atoms with Gasteiger partial charge in [0, 0.05) is 42.0 Å². The number of rotatable bonds is 5. The van der Waals surface area contributed by atoms with Crippen LogP contribution < -0.4 is 5.32 Å². The molecule has 0 saturated carbocycles. The first-order chi connectivity index (χ1) is 13.2. The van der Waals surface area contributed by atoms with Gasteiger partial charge in [0.15, 0.2) is 0 Å². The lowest BCUT2D eigenvalue weighted by Crippen LogP contribution is -2.25. The molecule has 2 aromatic carbocycles. The predicted molar refractivity (Wildman–Crippen MR) is 110 cm³/mol. The first-order valence-electron chi connectivity index (χ1n) is 8.44. The highest BCUT2D eigenvalue weighted by molar-refractivity contribution is 7.58. The number of halogens is 2. The average Bonchev–Trinajstić information content (AvgIpc) is 2.89. The summed E-state index contributed by atoms with van der Waals surface area (Å²) in [4.78, 5) is 23.0. The predicted octanol–water partition coefficient (Wildman–Crippen LogP) is 4.70. The maximum absolute atomic E-state index is 13.2. The number of benzene rings is 2. The number of nitrogens with zero attached hydrogens (tertiary/aromatic N) is 1. The highest BCUT2D eigenvalue weighted by Crippen LogP contribution is 2.54. The Morgan fingerprint density at radius 1 is 1.32 bits per heavy atom. The number of aromatic nitrogens is 1. The Kier molecular flexibility index (Phi) is 5.75. The molecule has 0 radical (unpaired) electrons. The van der Waals surface area contributed by atoms with E-state index in [1.54, 1.807) is 48.1 Å². The van der Waals surface area contributed by atoms with Crippen LogP contribution in [0.2, 0.25) is 5.02 Å². The summed E-state index contributed by atoms with van der Waals surface area (Å²) in [5.74, 6) is -1.03. The summed E-state index contributed by atoms with van der Waals surface area (Å²) >= 11 is 6.08. The smallest absolute Gasteiger partial charge is 0.241 e. The van der Waals surface area contributed by atoms with Crippen LogP contribution in [-0.4, -0.2) is 22.0 Å². The summed E-state index contributed by atoms with van der Waals surface area (Å²) in [7, 11) is -2.05. The third-order valence-electron chi connectivity index (χ3n) is 4.35. The molecular weight excluding hydrogens is 402 g/mol. The maximum atomic E-state index is 13.2. The van der Waals surface area contributed by atoms with Crippen molar-refractivity contribution in [1.29, 1.82) is 0 Å². The third-order valence-corrected chi connectivity index (χ3v) is 6.06. The van der Waals surface area contributed by atoms with E-state index in [-0.39, 0.29) is 0 Å². The van der Waals surface area contributed by atoms with Gasteiger partial charge < -0.3 is 14.8 Å². The van der Waals surface area contributed by atoms with Crippen LogP contribution in [0, 0.1) is 5.82 Å². The fraction of sp³-hybridized carbons (Fsp3) is 0.150. The van der Waals surface area contributed by atoms with Gasteiger partial charge in [-0.1, -0.05) is 23.7 Å². The van der Waals surface area contributed by atoms with Gasteiger partial charge in [-0.3, -0.25) is 9.36 Å². The summed E-state index contributed by atoms with van der Waals surface area (Å²) in [6.07, 6.45) is 4.50. The molecule has 146 valence electrons. The van der Waals surface area contributed by atoms with E-state index in [2.05, 4.69) is 5.32 Å². The van der Waals surface area contributed by atoms with Crippen molar-refractivity contribution in [1.82, 2.24) is 9.88 Å². The first kappa shape index (κ1) is 20.3. The molecule has 2 atom stereocenters. The van der Waals surface area contributed by atoms with Crippen LogP contribution in [0.5, 0.6) is 0 Å². The van der Waals surface area contributed by atoms with Crippen LogP contribution in [-0.2, 0) is 16.4 Å². The van der Waals surface area contributed by atoms with Gasteiger partial charge in [0.25, 0.3) is 0 Å². The van der Waals surface area contributed by atoms with Crippen molar-refractivity contribution in [3.63, 3.8) is 0 Å². The third kappa shape index (κ3) is 4.36. The minimum Gasteiger partial charge on any atom is -0.350 e. The standard InChI is InChI=1S/C20H19ClFN2O3P/c1-24-12-17(16-11-14(21)6-7-18(16)24)19(28(2,26)27)20(25)23-9-8-13-4-3-5-15(22)10-13/h3-12,19H,1-2H3,(H,23,25)(H,26,27). The molecular formula is C20H19ClFN2O3P. The van der Waals surface area contributed by atoms with Crippen molar-refractivity contribution in [3.05, 3.63) is 76.8 Å². The molecule has 8 heteroatoms. The van der Waals surface area contributed by atoms with Crippen LogP contribution in [0.3, 0.4) is 0 Å². The quantitative estimate of drug-likeness (QED) is 0.588. The fourth-order valence-electron chi connectivity index (χ4n) is 3.14. The maximum Gasteiger partial charge on any atom is 0.241 e. The normalized spacial score (nSPS) is 14.9. The number of fused-ring (bicyclic) bond motifs is 1. The number of aryl methyl sites for hydroxylation is 1. The molecule has 3 aromatic rings. The average molecular weight is 421 g/mol. The van der Waals surface area contributed by atoms with Gasteiger partial charge in [-0.25, -0.2) is 4.39 Å². The molecule has 2 N–H and O–H groups in total. The second kappa shape index (κ2) is 7.92. The molecule has 28 heavy (non-hydrogen) atoms. The van der Waals surface area contributed by atoms with Gasteiger partial charge in [0.1, 0.15) is 11.5 Å². The van der Waals surface area contributed by atoms with E-state index in [4.69, 9.17) is 11.6 Å². The van der Waals surface area contributed by atoms with E-state index in [0.717, 1.165) is 12.2 Å². The summed E-state index contributed by atoms with van der Waals surface area (Å²) < 4.78 is 27.6. The van der Waals surface area contributed by atoms with Crippen molar-refractivity contribution in [2.45, 2.75) is 5.66 Å².